The summed E-state index contributed by atoms with van der Waals surface area (Å²) in [7, 11) is 0. The van der Waals surface area contributed by atoms with E-state index >= 15 is 0 Å². The van der Waals surface area contributed by atoms with Gasteiger partial charge >= 0.3 is 12.0 Å². The third-order valence-corrected chi connectivity index (χ3v) is 7.18. The minimum Gasteiger partial charge on any atom is -0.463 e. The number of halogens is 1. The van der Waals surface area contributed by atoms with Crippen molar-refractivity contribution in [3.05, 3.63) is 82.0 Å². The van der Waals surface area contributed by atoms with Crippen LogP contribution in [0.25, 0.3) is 0 Å². The van der Waals surface area contributed by atoms with E-state index in [1.807, 2.05) is 61.2 Å². The van der Waals surface area contributed by atoms with Gasteiger partial charge in [0.1, 0.15) is 0 Å². The molecule has 1 fully saturated rings. The van der Waals surface area contributed by atoms with Gasteiger partial charge in [0, 0.05) is 55.0 Å². The van der Waals surface area contributed by atoms with Crippen molar-refractivity contribution in [3.63, 3.8) is 0 Å². The number of benzene rings is 2. The number of nitrogens with zero attached hydrogens (tertiary/aromatic N) is 3. The lowest BCUT2D eigenvalue weighted by atomic mass is 9.94. The van der Waals surface area contributed by atoms with Gasteiger partial charge in [0.2, 0.25) is 0 Å². The Hall–Kier alpha value is -3.36. The second-order valence-corrected chi connectivity index (χ2v) is 9.59. The van der Waals surface area contributed by atoms with Gasteiger partial charge in [-0.2, -0.15) is 0 Å². The first-order valence-electron chi connectivity index (χ1n) is 12.7. The van der Waals surface area contributed by atoms with Crippen molar-refractivity contribution in [3.8, 4) is 0 Å². The lowest BCUT2D eigenvalue weighted by Gasteiger charge is -2.43. The summed E-state index contributed by atoms with van der Waals surface area (Å²) in [5.74, 6) is -0.475. The van der Waals surface area contributed by atoms with Crippen LogP contribution in [0.3, 0.4) is 0 Å². The number of carbonyl (C=O) groups excluding carboxylic acids is 3. The van der Waals surface area contributed by atoms with Gasteiger partial charge in [-0.25, -0.2) is 9.59 Å². The van der Waals surface area contributed by atoms with Crippen LogP contribution in [0.5, 0.6) is 0 Å². The second-order valence-electron chi connectivity index (χ2n) is 9.18. The predicted octanol–water partition coefficient (Wildman–Crippen LogP) is 4.09. The number of ether oxygens (including phenoxy) is 1. The average Bonchev–Trinajstić information content (AvgIpc) is 2.89. The van der Waals surface area contributed by atoms with E-state index in [2.05, 4.69) is 10.2 Å². The maximum atomic E-state index is 13.3. The van der Waals surface area contributed by atoms with Gasteiger partial charge in [0.05, 0.1) is 18.2 Å². The quantitative estimate of drug-likeness (QED) is 0.552. The standard InChI is InChI=1S/C28H33ClN4O4/c1-4-32-23(18-31-15-16-33(19(3)17-31)26(34)20-11-7-6-8-12-20)24(27(35)37-5-2)25(30-28(32)36)21-13-9-10-14-22(21)29/h6-14,19,25H,4-5,15-18H2,1-3H3,(H,30,36)/t19-,25-/m1/s1. The first-order chi connectivity index (χ1) is 17.8. The van der Waals surface area contributed by atoms with Crippen molar-refractivity contribution in [2.45, 2.75) is 32.9 Å². The molecule has 0 spiro atoms. The number of rotatable bonds is 7. The molecule has 4 rings (SSSR count). The molecule has 2 heterocycles. The van der Waals surface area contributed by atoms with Crippen molar-refractivity contribution in [1.82, 2.24) is 20.0 Å². The highest BCUT2D eigenvalue weighted by Gasteiger charge is 2.39. The van der Waals surface area contributed by atoms with Gasteiger partial charge in [-0.1, -0.05) is 48.0 Å². The zero-order chi connectivity index (χ0) is 26.5. The highest BCUT2D eigenvalue weighted by Crippen LogP contribution is 2.35. The van der Waals surface area contributed by atoms with Gasteiger partial charge in [-0.3, -0.25) is 14.6 Å². The maximum Gasteiger partial charge on any atom is 0.338 e. The Morgan fingerprint density at radius 1 is 1.05 bits per heavy atom. The fourth-order valence-corrected chi connectivity index (χ4v) is 5.28. The second kappa shape index (κ2) is 11.8. The molecule has 0 radical (unpaired) electrons. The van der Waals surface area contributed by atoms with Crippen LogP contribution in [0.2, 0.25) is 5.02 Å². The number of urea groups is 1. The zero-order valence-electron chi connectivity index (χ0n) is 21.4. The van der Waals surface area contributed by atoms with Gasteiger partial charge in [-0.15, -0.1) is 0 Å². The zero-order valence-corrected chi connectivity index (χ0v) is 22.2. The normalized spacial score (nSPS) is 20.6. The number of carbonyl (C=O) groups is 3. The summed E-state index contributed by atoms with van der Waals surface area (Å²) in [6, 6.07) is 15.4. The molecule has 37 heavy (non-hydrogen) atoms. The predicted molar refractivity (Wildman–Crippen MR) is 142 cm³/mol. The molecule has 1 saturated heterocycles. The van der Waals surface area contributed by atoms with E-state index in [4.69, 9.17) is 16.3 Å². The minimum atomic E-state index is -0.726. The van der Waals surface area contributed by atoms with E-state index in [0.717, 1.165) is 0 Å². The first kappa shape index (κ1) is 26.7. The SMILES string of the molecule is CCOC(=O)C1=C(CN2CCN(C(=O)c3ccccc3)[C@H](C)C2)N(CC)C(=O)N[C@@H]1c1ccccc1Cl. The topological polar surface area (TPSA) is 82.2 Å². The van der Waals surface area contributed by atoms with Gasteiger partial charge in [-0.05, 0) is 44.5 Å². The molecule has 2 aliphatic rings. The van der Waals surface area contributed by atoms with Gasteiger partial charge in [0.25, 0.3) is 5.91 Å². The van der Waals surface area contributed by atoms with Crippen LogP contribution in [0.4, 0.5) is 4.79 Å². The molecule has 9 heteroatoms. The smallest absolute Gasteiger partial charge is 0.338 e. The number of hydrogen-bond donors (Lipinski definition) is 1. The van der Waals surface area contributed by atoms with E-state index in [1.54, 1.807) is 24.0 Å². The number of hydrogen-bond acceptors (Lipinski definition) is 5. The molecule has 0 aliphatic carbocycles. The van der Waals surface area contributed by atoms with Crippen molar-refractivity contribution in [1.29, 1.82) is 0 Å². The number of nitrogens with one attached hydrogen (secondary N) is 1. The highest BCUT2D eigenvalue weighted by molar-refractivity contribution is 6.31. The molecule has 0 aromatic heterocycles. The fourth-order valence-electron chi connectivity index (χ4n) is 5.04. The monoisotopic (exact) mass is 524 g/mol. The van der Waals surface area contributed by atoms with E-state index in [1.165, 1.54) is 0 Å². The van der Waals surface area contributed by atoms with Crippen molar-refractivity contribution in [2.75, 3.05) is 39.3 Å². The van der Waals surface area contributed by atoms with E-state index in [9.17, 15) is 14.4 Å². The highest BCUT2D eigenvalue weighted by atomic mass is 35.5. The third kappa shape index (κ3) is 5.65. The van der Waals surface area contributed by atoms with Crippen molar-refractivity contribution >= 4 is 29.5 Å². The molecule has 0 unspecified atom stereocenters. The lowest BCUT2D eigenvalue weighted by molar-refractivity contribution is -0.139. The summed E-state index contributed by atoms with van der Waals surface area (Å²) in [5, 5.41) is 3.41. The number of amides is 3. The fraction of sp³-hybridized carbons (Fsp3) is 0.393. The number of piperazine rings is 1. The van der Waals surface area contributed by atoms with E-state index in [0.29, 0.717) is 60.1 Å². The Kier molecular flexibility index (Phi) is 8.51. The van der Waals surface area contributed by atoms with Crippen LogP contribution >= 0.6 is 11.6 Å². The molecular formula is C28H33ClN4O4. The Morgan fingerprint density at radius 2 is 1.76 bits per heavy atom. The molecule has 0 bridgehead atoms. The molecular weight excluding hydrogens is 492 g/mol. The molecule has 2 atom stereocenters. The van der Waals surface area contributed by atoms with Crippen LogP contribution in [0, 0.1) is 0 Å². The Bertz CT molecular complexity index is 1190. The number of esters is 1. The summed E-state index contributed by atoms with van der Waals surface area (Å²) < 4.78 is 5.45. The Morgan fingerprint density at radius 3 is 2.41 bits per heavy atom. The van der Waals surface area contributed by atoms with Crippen LogP contribution in [0.15, 0.2) is 65.9 Å². The summed E-state index contributed by atoms with van der Waals surface area (Å²) in [4.78, 5) is 45.2. The average molecular weight is 525 g/mol. The van der Waals surface area contributed by atoms with E-state index in [-0.39, 0.29) is 24.6 Å². The van der Waals surface area contributed by atoms with Crippen LogP contribution < -0.4 is 5.32 Å². The van der Waals surface area contributed by atoms with Crippen LogP contribution in [-0.2, 0) is 9.53 Å². The molecule has 2 aromatic carbocycles. The summed E-state index contributed by atoms with van der Waals surface area (Å²) >= 11 is 6.49. The molecule has 0 saturated carbocycles. The minimum absolute atomic E-state index is 0.00481. The Balaban J connectivity index is 1.64. The summed E-state index contributed by atoms with van der Waals surface area (Å²) in [6.07, 6.45) is 0. The summed E-state index contributed by atoms with van der Waals surface area (Å²) in [5.41, 5.74) is 2.29. The molecule has 8 nitrogen and oxygen atoms in total. The van der Waals surface area contributed by atoms with E-state index < -0.39 is 12.0 Å². The largest absolute Gasteiger partial charge is 0.463 e. The molecule has 2 aromatic rings. The molecule has 3 amide bonds. The summed E-state index contributed by atoms with van der Waals surface area (Å²) in [6.45, 7) is 8.38. The molecule has 2 aliphatic heterocycles. The van der Waals surface area contributed by atoms with Gasteiger partial charge in [0.15, 0.2) is 0 Å². The van der Waals surface area contributed by atoms with Crippen LogP contribution in [-0.4, -0.2) is 78.0 Å². The van der Waals surface area contributed by atoms with Crippen LogP contribution in [0.1, 0.15) is 42.7 Å². The Labute approximate surface area is 222 Å². The lowest BCUT2D eigenvalue weighted by Crippen LogP contribution is -2.56. The number of likely N-dealkylation sites (N-methyl/N-ethyl adjacent to an activating group) is 1. The van der Waals surface area contributed by atoms with Crippen molar-refractivity contribution < 1.29 is 19.1 Å². The maximum absolute atomic E-state index is 13.3. The molecule has 196 valence electrons. The van der Waals surface area contributed by atoms with Crippen molar-refractivity contribution in [2.24, 2.45) is 0 Å². The third-order valence-electron chi connectivity index (χ3n) is 6.83. The molecule has 1 N–H and O–H groups in total. The van der Waals surface area contributed by atoms with Gasteiger partial charge < -0.3 is 15.0 Å². The first-order valence-corrected chi connectivity index (χ1v) is 13.0.